The Balaban J connectivity index is 2.26. The number of pyridine rings is 1. The normalized spacial score (nSPS) is 14.2. The largest absolute Gasteiger partial charge is 0.465 e. The van der Waals surface area contributed by atoms with Crippen molar-refractivity contribution < 1.29 is 14.3 Å². The van der Waals surface area contributed by atoms with Crippen LogP contribution in [0, 0.1) is 0 Å². The fourth-order valence-corrected chi connectivity index (χ4v) is 2.44. The molecule has 0 unspecified atom stereocenters. The van der Waals surface area contributed by atoms with E-state index in [9.17, 15) is 9.59 Å². The van der Waals surface area contributed by atoms with Gasteiger partial charge in [-0.2, -0.15) is 0 Å². The van der Waals surface area contributed by atoms with Crippen LogP contribution in [0.25, 0.3) is 10.9 Å². The van der Waals surface area contributed by atoms with Gasteiger partial charge in [-0.15, -0.1) is 0 Å². The van der Waals surface area contributed by atoms with Gasteiger partial charge < -0.3 is 14.5 Å². The van der Waals surface area contributed by atoms with E-state index in [-0.39, 0.29) is 5.56 Å². The van der Waals surface area contributed by atoms with Gasteiger partial charge in [0.2, 0.25) is 0 Å². The maximum absolute atomic E-state index is 12.0. The zero-order chi connectivity index (χ0) is 13.4. The fourth-order valence-electron chi connectivity index (χ4n) is 2.44. The first kappa shape index (κ1) is 11.9. The number of nitrogens with one attached hydrogen (secondary N) is 1. The van der Waals surface area contributed by atoms with Crippen molar-refractivity contribution in [3.05, 3.63) is 45.2 Å². The fraction of sp³-hybridized carbons (Fsp3) is 0.286. The molecule has 0 aliphatic carbocycles. The number of aromatic amines is 1. The molecule has 98 valence electrons. The summed E-state index contributed by atoms with van der Waals surface area (Å²) in [6.07, 6.45) is 0.716. The van der Waals surface area contributed by atoms with Crippen LogP contribution in [0.15, 0.2) is 23.0 Å². The van der Waals surface area contributed by atoms with Crippen LogP contribution in [0.4, 0.5) is 0 Å². The number of rotatable bonds is 1. The third-order valence-corrected chi connectivity index (χ3v) is 3.40. The molecule has 5 heteroatoms. The van der Waals surface area contributed by atoms with Gasteiger partial charge in [-0.05, 0) is 24.1 Å². The molecule has 2 aromatic rings. The van der Waals surface area contributed by atoms with Gasteiger partial charge in [0.15, 0.2) is 0 Å². The molecule has 2 heterocycles. The smallest absolute Gasteiger partial charge is 0.337 e. The molecule has 1 aliphatic heterocycles. The van der Waals surface area contributed by atoms with Crippen molar-refractivity contribution in [2.45, 2.75) is 13.0 Å². The first-order valence-electron chi connectivity index (χ1n) is 6.04. The number of hydrogen-bond acceptors (Lipinski definition) is 4. The molecule has 0 amide bonds. The monoisotopic (exact) mass is 259 g/mol. The molecule has 0 saturated heterocycles. The molecule has 1 N–H and O–H groups in total. The first-order valence-corrected chi connectivity index (χ1v) is 6.04. The third-order valence-electron chi connectivity index (χ3n) is 3.40. The SMILES string of the molecule is COC(=O)c1ccc2c3c(c(=O)[nH]c2c1)COCC3. The standard InChI is InChI=1S/C14H13NO4/c1-18-14(17)8-2-3-10-9-4-5-19-7-11(9)13(16)15-12(10)6-8/h2-3,6H,4-5,7H2,1H3,(H,15,16). The molecule has 1 aliphatic rings. The molecule has 0 fully saturated rings. The molecule has 19 heavy (non-hydrogen) atoms. The summed E-state index contributed by atoms with van der Waals surface area (Å²) >= 11 is 0. The lowest BCUT2D eigenvalue weighted by Gasteiger charge is -2.17. The maximum atomic E-state index is 12.0. The van der Waals surface area contributed by atoms with Crippen LogP contribution < -0.4 is 5.56 Å². The summed E-state index contributed by atoms with van der Waals surface area (Å²) in [4.78, 5) is 26.3. The quantitative estimate of drug-likeness (QED) is 0.786. The summed E-state index contributed by atoms with van der Waals surface area (Å²) in [5, 5.41) is 0.963. The number of methoxy groups -OCH3 is 1. The summed E-state index contributed by atoms with van der Waals surface area (Å²) in [5.41, 5.74) is 2.64. The highest BCUT2D eigenvalue weighted by atomic mass is 16.5. The van der Waals surface area contributed by atoms with E-state index in [0.29, 0.717) is 36.3 Å². The number of fused-ring (bicyclic) bond motifs is 3. The molecule has 5 nitrogen and oxygen atoms in total. The summed E-state index contributed by atoms with van der Waals surface area (Å²) in [5.74, 6) is -0.413. The molecule has 0 saturated carbocycles. The van der Waals surface area contributed by atoms with Gasteiger partial charge >= 0.3 is 5.97 Å². The topological polar surface area (TPSA) is 68.4 Å². The van der Waals surface area contributed by atoms with Gasteiger partial charge in [-0.25, -0.2) is 4.79 Å². The Morgan fingerprint density at radius 3 is 3.00 bits per heavy atom. The summed E-state index contributed by atoms with van der Waals surface area (Å²) in [6, 6.07) is 5.21. The van der Waals surface area contributed by atoms with E-state index in [1.165, 1.54) is 7.11 Å². The van der Waals surface area contributed by atoms with E-state index in [4.69, 9.17) is 4.74 Å². The number of H-pyrrole nitrogens is 1. The van der Waals surface area contributed by atoms with Crippen LogP contribution >= 0.6 is 0 Å². The minimum Gasteiger partial charge on any atom is -0.465 e. The maximum Gasteiger partial charge on any atom is 0.337 e. The van der Waals surface area contributed by atoms with Crippen LogP contribution in [0.5, 0.6) is 0 Å². The average Bonchev–Trinajstić information content (AvgIpc) is 2.46. The van der Waals surface area contributed by atoms with Crippen LogP contribution in [0.3, 0.4) is 0 Å². The number of carbonyl (C=O) groups is 1. The molecule has 1 aromatic carbocycles. The molecular formula is C14H13NO4. The summed E-state index contributed by atoms with van der Waals surface area (Å²) in [7, 11) is 1.33. The zero-order valence-electron chi connectivity index (χ0n) is 10.5. The second kappa shape index (κ2) is 4.51. The van der Waals surface area contributed by atoms with Crippen LogP contribution in [0.1, 0.15) is 21.5 Å². The predicted molar refractivity (Wildman–Crippen MR) is 69.3 cm³/mol. The lowest BCUT2D eigenvalue weighted by atomic mass is 9.98. The van der Waals surface area contributed by atoms with Crippen molar-refractivity contribution in [3.8, 4) is 0 Å². The van der Waals surface area contributed by atoms with Crippen LogP contribution in [0.2, 0.25) is 0 Å². The van der Waals surface area contributed by atoms with E-state index >= 15 is 0 Å². The summed E-state index contributed by atoms with van der Waals surface area (Å²) < 4.78 is 9.99. The Labute approximate surface area is 109 Å². The van der Waals surface area contributed by atoms with E-state index in [2.05, 4.69) is 9.72 Å². The van der Waals surface area contributed by atoms with Gasteiger partial charge in [-0.3, -0.25) is 4.79 Å². The van der Waals surface area contributed by atoms with Crippen LogP contribution in [-0.4, -0.2) is 24.7 Å². The van der Waals surface area contributed by atoms with Crippen molar-refractivity contribution in [1.29, 1.82) is 0 Å². The number of ether oxygens (including phenoxy) is 2. The third kappa shape index (κ3) is 1.92. The number of hydrogen-bond donors (Lipinski definition) is 1. The second-order valence-electron chi connectivity index (χ2n) is 4.47. The molecule has 0 atom stereocenters. The highest BCUT2D eigenvalue weighted by molar-refractivity contribution is 5.95. The van der Waals surface area contributed by atoms with E-state index in [1.807, 2.05) is 6.07 Å². The van der Waals surface area contributed by atoms with Crippen LogP contribution in [-0.2, 0) is 22.5 Å². The molecule has 0 bridgehead atoms. The van der Waals surface area contributed by atoms with Gasteiger partial charge in [-0.1, -0.05) is 6.07 Å². The second-order valence-corrected chi connectivity index (χ2v) is 4.47. The minimum atomic E-state index is -0.413. The Kier molecular flexibility index (Phi) is 2.83. The minimum absolute atomic E-state index is 0.149. The van der Waals surface area contributed by atoms with Gasteiger partial charge in [0.1, 0.15) is 0 Å². The molecular weight excluding hydrogens is 246 g/mol. The molecule has 0 radical (unpaired) electrons. The number of benzene rings is 1. The van der Waals surface area contributed by atoms with E-state index < -0.39 is 5.97 Å². The molecule has 1 aromatic heterocycles. The van der Waals surface area contributed by atoms with Gasteiger partial charge in [0.25, 0.3) is 5.56 Å². The average molecular weight is 259 g/mol. The first-order chi connectivity index (χ1) is 9.20. The molecule has 3 rings (SSSR count). The number of aromatic nitrogens is 1. The van der Waals surface area contributed by atoms with Crippen molar-refractivity contribution in [2.24, 2.45) is 0 Å². The van der Waals surface area contributed by atoms with E-state index in [0.717, 1.165) is 10.9 Å². The predicted octanol–water partition coefficient (Wildman–Crippen LogP) is 1.39. The molecule has 0 spiro atoms. The van der Waals surface area contributed by atoms with Crippen molar-refractivity contribution >= 4 is 16.9 Å². The Morgan fingerprint density at radius 1 is 1.37 bits per heavy atom. The number of esters is 1. The Hall–Kier alpha value is -2.14. The lowest BCUT2D eigenvalue weighted by Crippen LogP contribution is -2.22. The van der Waals surface area contributed by atoms with E-state index in [1.54, 1.807) is 12.1 Å². The number of carbonyl (C=O) groups excluding carboxylic acids is 1. The highest BCUT2D eigenvalue weighted by Gasteiger charge is 2.17. The Morgan fingerprint density at radius 2 is 2.21 bits per heavy atom. The zero-order valence-corrected chi connectivity index (χ0v) is 10.5. The Bertz CT molecular complexity index is 717. The van der Waals surface area contributed by atoms with Crippen molar-refractivity contribution in [3.63, 3.8) is 0 Å². The lowest BCUT2D eigenvalue weighted by molar-refractivity contribution is 0.0601. The van der Waals surface area contributed by atoms with Gasteiger partial charge in [0.05, 0.1) is 25.9 Å². The van der Waals surface area contributed by atoms with Gasteiger partial charge in [0, 0.05) is 16.5 Å². The van der Waals surface area contributed by atoms with Crippen molar-refractivity contribution in [1.82, 2.24) is 4.98 Å². The van der Waals surface area contributed by atoms with Crippen molar-refractivity contribution in [2.75, 3.05) is 13.7 Å². The summed E-state index contributed by atoms with van der Waals surface area (Å²) in [6.45, 7) is 0.962. The highest BCUT2D eigenvalue weighted by Crippen LogP contribution is 2.23.